The van der Waals surface area contributed by atoms with Crippen molar-refractivity contribution < 1.29 is 19.4 Å². The van der Waals surface area contributed by atoms with Crippen molar-refractivity contribution in [3.63, 3.8) is 0 Å². The van der Waals surface area contributed by atoms with Gasteiger partial charge in [-0.05, 0) is 16.7 Å². The lowest BCUT2D eigenvalue weighted by Gasteiger charge is -2.35. The van der Waals surface area contributed by atoms with Gasteiger partial charge in [0.2, 0.25) is 0 Å². The largest absolute Gasteiger partial charge is 0.480 e. The van der Waals surface area contributed by atoms with Crippen LogP contribution in [-0.4, -0.2) is 43.3 Å². The summed E-state index contributed by atoms with van der Waals surface area (Å²) in [6.45, 7) is 0.910. The average Bonchev–Trinajstić information content (AvgIpc) is 2.80. The lowest BCUT2D eigenvalue weighted by Crippen LogP contribution is -2.26. The molecule has 0 amide bonds. The third-order valence-electron chi connectivity index (χ3n) is 4.68. The molecule has 0 unspecified atom stereocenters. The van der Waals surface area contributed by atoms with Gasteiger partial charge in [0.15, 0.2) is 0 Å². The van der Waals surface area contributed by atoms with Crippen molar-refractivity contribution in [3.8, 4) is 0 Å². The summed E-state index contributed by atoms with van der Waals surface area (Å²) in [4.78, 5) is 10.5. The van der Waals surface area contributed by atoms with E-state index in [0.717, 1.165) is 5.75 Å². The van der Waals surface area contributed by atoms with E-state index in [1.54, 1.807) is 0 Å². The summed E-state index contributed by atoms with van der Waals surface area (Å²) in [5.41, 5.74) is 3.66. The molecular formula is C25H26O4S. The molecule has 3 aromatic rings. The Morgan fingerprint density at radius 1 is 0.700 bits per heavy atom. The van der Waals surface area contributed by atoms with Crippen molar-refractivity contribution in [3.05, 3.63) is 108 Å². The summed E-state index contributed by atoms with van der Waals surface area (Å²) in [7, 11) is 0. The second kappa shape index (κ2) is 11.6. The van der Waals surface area contributed by atoms with Gasteiger partial charge in [-0.25, -0.2) is 4.79 Å². The first kappa shape index (κ1) is 22.1. The molecule has 0 aliphatic carbocycles. The van der Waals surface area contributed by atoms with Crippen LogP contribution >= 0.6 is 11.8 Å². The third-order valence-corrected chi connectivity index (χ3v) is 6.20. The molecular weight excluding hydrogens is 396 g/mol. The number of ether oxygens (including phenoxy) is 2. The van der Waals surface area contributed by atoms with Crippen LogP contribution in [0.15, 0.2) is 91.0 Å². The van der Waals surface area contributed by atoms with E-state index < -0.39 is 5.97 Å². The van der Waals surface area contributed by atoms with Crippen molar-refractivity contribution in [2.75, 3.05) is 32.2 Å². The van der Waals surface area contributed by atoms with Crippen molar-refractivity contribution in [2.24, 2.45) is 0 Å². The normalized spacial score (nSPS) is 11.3. The number of aliphatic carboxylic acids is 1. The van der Waals surface area contributed by atoms with Gasteiger partial charge in [-0.1, -0.05) is 91.0 Å². The van der Waals surface area contributed by atoms with Crippen LogP contribution in [0.3, 0.4) is 0 Å². The number of thioether (sulfide) groups is 1. The number of carbonyl (C=O) groups is 1. The minimum Gasteiger partial charge on any atom is -0.480 e. The second-order valence-corrected chi connectivity index (χ2v) is 8.00. The van der Waals surface area contributed by atoms with Crippen LogP contribution in [0, 0.1) is 0 Å². The molecule has 3 aromatic carbocycles. The molecule has 0 radical (unpaired) electrons. The first-order chi connectivity index (χ1) is 14.7. The van der Waals surface area contributed by atoms with E-state index in [0.29, 0.717) is 13.2 Å². The molecule has 4 nitrogen and oxygen atoms in total. The SMILES string of the molecule is O=C(O)COCCOCCSC(c1ccccc1)(c1ccccc1)c1ccccc1. The second-order valence-electron chi connectivity index (χ2n) is 6.69. The molecule has 0 bridgehead atoms. The monoisotopic (exact) mass is 422 g/mol. The first-order valence-electron chi connectivity index (χ1n) is 9.91. The molecule has 0 aromatic heterocycles. The van der Waals surface area contributed by atoms with Crippen LogP contribution < -0.4 is 0 Å². The van der Waals surface area contributed by atoms with Gasteiger partial charge in [0.05, 0.1) is 24.6 Å². The van der Waals surface area contributed by atoms with Gasteiger partial charge < -0.3 is 14.6 Å². The lowest BCUT2D eigenvalue weighted by molar-refractivity contribution is -0.142. The maximum Gasteiger partial charge on any atom is 0.329 e. The molecule has 0 saturated heterocycles. The molecule has 0 fully saturated rings. The molecule has 30 heavy (non-hydrogen) atoms. The molecule has 0 spiro atoms. The number of carboxylic acids is 1. The van der Waals surface area contributed by atoms with Crippen molar-refractivity contribution in [1.29, 1.82) is 0 Å². The molecule has 0 saturated carbocycles. The third kappa shape index (κ3) is 5.72. The molecule has 0 aliphatic heterocycles. The van der Waals surface area contributed by atoms with Crippen molar-refractivity contribution in [2.45, 2.75) is 4.75 Å². The van der Waals surface area contributed by atoms with E-state index in [2.05, 4.69) is 72.8 Å². The fourth-order valence-electron chi connectivity index (χ4n) is 3.40. The zero-order valence-corrected chi connectivity index (χ0v) is 17.6. The van der Waals surface area contributed by atoms with Gasteiger partial charge in [-0.3, -0.25) is 0 Å². The van der Waals surface area contributed by atoms with Gasteiger partial charge >= 0.3 is 5.97 Å². The summed E-state index contributed by atoms with van der Waals surface area (Å²) in [6, 6.07) is 31.6. The van der Waals surface area contributed by atoms with E-state index in [9.17, 15) is 4.79 Å². The highest BCUT2D eigenvalue weighted by Gasteiger charge is 2.36. The van der Waals surface area contributed by atoms with Crippen LogP contribution in [0.4, 0.5) is 0 Å². The van der Waals surface area contributed by atoms with Crippen LogP contribution in [0.5, 0.6) is 0 Å². The average molecular weight is 423 g/mol. The van der Waals surface area contributed by atoms with Gasteiger partial charge in [0.25, 0.3) is 0 Å². The highest BCUT2D eigenvalue weighted by Crippen LogP contribution is 2.48. The van der Waals surface area contributed by atoms with E-state index in [4.69, 9.17) is 14.6 Å². The van der Waals surface area contributed by atoms with E-state index in [1.807, 2.05) is 30.0 Å². The summed E-state index contributed by atoms with van der Waals surface area (Å²) in [5.74, 6) is -0.193. The summed E-state index contributed by atoms with van der Waals surface area (Å²) in [6.07, 6.45) is 0. The zero-order chi connectivity index (χ0) is 21.1. The minimum atomic E-state index is -0.969. The van der Waals surface area contributed by atoms with Crippen LogP contribution in [0.1, 0.15) is 16.7 Å². The number of hydrogen-bond acceptors (Lipinski definition) is 4. The summed E-state index contributed by atoms with van der Waals surface area (Å²) >= 11 is 1.84. The van der Waals surface area contributed by atoms with Crippen LogP contribution in [0.25, 0.3) is 0 Å². The molecule has 156 valence electrons. The highest BCUT2D eigenvalue weighted by molar-refractivity contribution is 8.00. The standard InChI is InChI=1S/C25H26O4S/c26-24(27)20-29-17-16-28-18-19-30-25(21-10-4-1-5-11-21,22-12-6-2-7-13-22)23-14-8-3-9-15-23/h1-15H,16-20H2,(H,26,27). The Bertz CT molecular complexity index is 788. The minimum absolute atomic E-state index is 0.276. The number of rotatable bonds is 12. The Balaban J connectivity index is 1.79. The maximum absolute atomic E-state index is 10.5. The fourth-order valence-corrected chi connectivity index (χ4v) is 4.82. The van der Waals surface area contributed by atoms with Gasteiger partial charge in [-0.15, -0.1) is 11.8 Å². The summed E-state index contributed by atoms with van der Waals surface area (Å²) in [5, 5.41) is 8.60. The zero-order valence-electron chi connectivity index (χ0n) is 16.8. The van der Waals surface area contributed by atoms with E-state index in [-0.39, 0.29) is 18.0 Å². The molecule has 0 aliphatic rings. The summed E-state index contributed by atoms with van der Waals surface area (Å²) < 4.78 is 10.3. The Morgan fingerprint density at radius 3 is 1.57 bits per heavy atom. The predicted molar refractivity (Wildman–Crippen MR) is 121 cm³/mol. The highest BCUT2D eigenvalue weighted by atomic mass is 32.2. The number of hydrogen-bond donors (Lipinski definition) is 1. The topological polar surface area (TPSA) is 55.8 Å². The maximum atomic E-state index is 10.5. The Morgan fingerprint density at radius 2 is 1.13 bits per heavy atom. The molecule has 1 N–H and O–H groups in total. The van der Waals surface area contributed by atoms with E-state index >= 15 is 0 Å². The van der Waals surface area contributed by atoms with Crippen LogP contribution in [-0.2, 0) is 19.0 Å². The van der Waals surface area contributed by atoms with Crippen LogP contribution in [0.2, 0.25) is 0 Å². The Labute approximate surface area is 181 Å². The molecule has 0 heterocycles. The smallest absolute Gasteiger partial charge is 0.329 e. The lowest BCUT2D eigenvalue weighted by atomic mass is 9.84. The van der Waals surface area contributed by atoms with Crippen molar-refractivity contribution >= 4 is 17.7 Å². The Hall–Kier alpha value is -2.60. The van der Waals surface area contributed by atoms with Gasteiger partial charge in [0, 0.05) is 5.75 Å². The van der Waals surface area contributed by atoms with Gasteiger partial charge in [-0.2, -0.15) is 0 Å². The quantitative estimate of drug-likeness (QED) is 0.335. The first-order valence-corrected chi connectivity index (χ1v) is 10.9. The number of carboxylic acid groups (broad SMARTS) is 1. The molecule has 0 atom stereocenters. The predicted octanol–water partition coefficient (Wildman–Crippen LogP) is 4.83. The molecule has 3 rings (SSSR count). The van der Waals surface area contributed by atoms with Gasteiger partial charge in [0.1, 0.15) is 6.61 Å². The Kier molecular flexibility index (Phi) is 8.51. The fraction of sp³-hybridized carbons (Fsp3) is 0.240. The van der Waals surface area contributed by atoms with Crippen molar-refractivity contribution in [1.82, 2.24) is 0 Å². The molecule has 5 heteroatoms. The number of benzene rings is 3. The van der Waals surface area contributed by atoms with E-state index in [1.165, 1.54) is 16.7 Å².